The second-order valence-corrected chi connectivity index (χ2v) is 13.9. The Balaban J connectivity index is 0. The Hall–Kier alpha value is -2.15. The molecule has 0 spiro atoms. The second-order valence-electron chi connectivity index (χ2n) is 13.0. The Morgan fingerprint density at radius 3 is 1.19 bits per heavy atom. The summed E-state index contributed by atoms with van der Waals surface area (Å²) in [5.41, 5.74) is 1.13. The molecule has 7 heteroatoms. The molecule has 0 aliphatic carbocycles. The number of hydrogen-bond donors (Lipinski definition) is 3. The van der Waals surface area contributed by atoms with Gasteiger partial charge in [0, 0.05) is 17.3 Å². The first-order chi connectivity index (χ1) is 23.1. The molecule has 0 fully saturated rings. The van der Waals surface area contributed by atoms with Crippen LogP contribution in [0.1, 0.15) is 203 Å². The summed E-state index contributed by atoms with van der Waals surface area (Å²) < 4.78 is 0.792. The molecule has 0 saturated heterocycles. The molecular formula is C41H71BrO6. The summed E-state index contributed by atoms with van der Waals surface area (Å²) in [7, 11) is 0. The highest BCUT2D eigenvalue weighted by molar-refractivity contribution is 9.10. The molecule has 0 radical (unpaired) electrons. The predicted octanol–water partition coefficient (Wildman–Crippen LogP) is 13.7. The summed E-state index contributed by atoms with van der Waals surface area (Å²) in [6.45, 7) is 6.28. The van der Waals surface area contributed by atoms with Crippen molar-refractivity contribution in [2.45, 2.75) is 194 Å². The summed E-state index contributed by atoms with van der Waals surface area (Å²) in [6, 6.07) is 5.19. The van der Waals surface area contributed by atoms with Gasteiger partial charge in [0.2, 0.25) is 0 Å². The molecule has 0 saturated carbocycles. The number of benzene rings is 1. The molecule has 0 aliphatic rings. The number of unbranched alkanes of at least 4 members (excludes halogenated alkanes) is 22. The summed E-state index contributed by atoms with van der Waals surface area (Å²) in [5, 5.41) is 25.6. The third-order valence-electron chi connectivity index (χ3n) is 8.33. The second kappa shape index (κ2) is 37.7. The normalized spacial score (nSPS) is 10.7. The molecule has 278 valence electrons. The van der Waals surface area contributed by atoms with Crippen LogP contribution in [0.3, 0.4) is 0 Å². The number of carboxylic acid groups (broad SMARTS) is 3. The van der Waals surface area contributed by atoms with Gasteiger partial charge >= 0.3 is 17.9 Å². The van der Waals surface area contributed by atoms with Gasteiger partial charge in [-0.3, -0.25) is 9.59 Å². The Labute approximate surface area is 302 Å². The Morgan fingerprint density at radius 1 is 0.542 bits per heavy atom. The smallest absolute Gasteiger partial charge is 0.335 e. The van der Waals surface area contributed by atoms with Crippen LogP contribution in [0.4, 0.5) is 0 Å². The van der Waals surface area contributed by atoms with Crippen LogP contribution in [0.5, 0.6) is 0 Å². The fraction of sp³-hybridized carbons (Fsp3) is 0.732. The van der Waals surface area contributed by atoms with Crippen molar-refractivity contribution < 1.29 is 29.7 Å². The number of carbonyl (C=O) groups is 3. The Kier molecular flexibility index (Phi) is 37.6. The van der Waals surface area contributed by atoms with E-state index in [4.69, 9.17) is 15.3 Å². The van der Waals surface area contributed by atoms with E-state index in [1.165, 1.54) is 135 Å². The topological polar surface area (TPSA) is 112 Å². The maximum atomic E-state index is 10.6. The van der Waals surface area contributed by atoms with E-state index in [1.807, 2.05) is 6.07 Å². The van der Waals surface area contributed by atoms with Crippen molar-refractivity contribution in [1.29, 1.82) is 0 Å². The van der Waals surface area contributed by atoms with E-state index in [0.29, 0.717) is 18.4 Å². The van der Waals surface area contributed by atoms with Crippen molar-refractivity contribution in [3.8, 4) is 0 Å². The van der Waals surface area contributed by atoms with E-state index < -0.39 is 17.9 Å². The first-order valence-electron chi connectivity index (χ1n) is 19.2. The number of aliphatic carboxylic acids is 2. The lowest BCUT2D eigenvalue weighted by atomic mass is 10.1. The molecule has 0 bridgehead atoms. The molecule has 0 unspecified atom stereocenters. The highest BCUT2D eigenvalue weighted by atomic mass is 79.9. The molecular weight excluding hydrogens is 668 g/mol. The molecule has 3 N–H and O–H groups in total. The van der Waals surface area contributed by atoms with Crippen molar-refractivity contribution in [2.24, 2.45) is 0 Å². The van der Waals surface area contributed by atoms with E-state index in [0.717, 1.165) is 35.7 Å². The van der Waals surface area contributed by atoms with Crippen molar-refractivity contribution >= 4 is 33.8 Å². The lowest BCUT2D eigenvalue weighted by Gasteiger charge is -2.01. The van der Waals surface area contributed by atoms with E-state index in [2.05, 4.69) is 41.9 Å². The standard InChI is InChI=1S/C19H36O2.C14H28O2.C8H7BrO2/c1-2-3-4-5-6-7-8-9-10-11-12-13-14-15-16-17-18-19(20)21;1-2-3-4-5-6-7-8-9-10-11-12-13-14(15)16;1-5-2-3-6(9)4-7(5)8(10)11/h9-10H,2-8,11-18H2,1H3,(H,20,21);2-13H2,1H3,(H,15,16);2-4H,1H3,(H,10,11)/b10-9-;;. The van der Waals surface area contributed by atoms with Gasteiger partial charge in [-0.2, -0.15) is 0 Å². The average Bonchev–Trinajstić information content (AvgIpc) is 3.05. The molecule has 0 heterocycles. The Bertz CT molecular complexity index is 930. The molecule has 48 heavy (non-hydrogen) atoms. The number of rotatable bonds is 29. The number of halogens is 1. The fourth-order valence-corrected chi connectivity index (χ4v) is 5.65. The van der Waals surface area contributed by atoms with Crippen LogP contribution < -0.4 is 0 Å². The highest BCUT2D eigenvalue weighted by Gasteiger charge is 2.06. The predicted molar refractivity (Wildman–Crippen MR) is 206 cm³/mol. The van der Waals surface area contributed by atoms with Gasteiger partial charge in [-0.25, -0.2) is 4.79 Å². The quantitative estimate of drug-likeness (QED) is 0.0557. The van der Waals surface area contributed by atoms with E-state index >= 15 is 0 Å². The first-order valence-corrected chi connectivity index (χ1v) is 20.0. The summed E-state index contributed by atoms with van der Waals surface area (Å²) >= 11 is 3.20. The number of hydrogen-bond acceptors (Lipinski definition) is 3. The van der Waals surface area contributed by atoms with Gasteiger partial charge in [-0.05, 0) is 63.1 Å². The van der Waals surface area contributed by atoms with Gasteiger partial charge in [0.05, 0.1) is 5.56 Å². The van der Waals surface area contributed by atoms with Crippen molar-refractivity contribution in [3.63, 3.8) is 0 Å². The minimum atomic E-state index is -0.885. The number of aromatic carboxylic acids is 1. The fourth-order valence-electron chi connectivity index (χ4n) is 5.29. The minimum absolute atomic E-state index is 0.335. The van der Waals surface area contributed by atoms with Crippen LogP contribution in [0.2, 0.25) is 0 Å². The van der Waals surface area contributed by atoms with Crippen LogP contribution in [-0.2, 0) is 9.59 Å². The van der Waals surface area contributed by atoms with E-state index in [1.54, 1.807) is 19.1 Å². The zero-order chi connectivity index (χ0) is 36.1. The number of allylic oxidation sites excluding steroid dienone is 2. The van der Waals surface area contributed by atoms with Crippen LogP contribution in [0.25, 0.3) is 0 Å². The van der Waals surface area contributed by atoms with Crippen LogP contribution in [0.15, 0.2) is 34.8 Å². The molecule has 0 atom stereocenters. The SMILES string of the molecule is CCCCCCCC/C=C\CCCCCCCCC(=O)O.CCCCCCCCCCCCCC(=O)O.Cc1ccc(Br)cc1C(=O)O. The highest BCUT2D eigenvalue weighted by Crippen LogP contribution is 2.16. The van der Waals surface area contributed by atoms with Crippen LogP contribution in [0, 0.1) is 6.92 Å². The van der Waals surface area contributed by atoms with Crippen molar-refractivity contribution in [2.75, 3.05) is 0 Å². The molecule has 1 aromatic rings. The lowest BCUT2D eigenvalue weighted by Crippen LogP contribution is -1.98. The van der Waals surface area contributed by atoms with Gasteiger partial charge in [0.25, 0.3) is 0 Å². The zero-order valence-electron chi connectivity index (χ0n) is 30.9. The third kappa shape index (κ3) is 38.3. The molecule has 6 nitrogen and oxygen atoms in total. The van der Waals surface area contributed by atoms with Crippen LogP contribution >= 0.6 is 15.9 Å². The monoisotopic (exact) mass is 738 g/mol. The van der Waals surface area contributed by atoms with Gasteiger partial charge < -0.3 is 15.3 Å². The number of aryl methyl sites for hydroxylation is 1. The molecule has 0 amide bonds. The summed E-state index contributed by atoms with van der Waals surface area (Å²) in [6.07, 6.45) is 37.1. The maximum Gasteiger partial charge on any atom is 0.335 e. The van der Waals surface area contributed by atoms with Gasteiger partial charge in [0.15, 0.2) is 0 Å². The summed E-state index contributed by atoms with van der Waals surface area (Å²) in [4.78, 5) is 31.2. The van der Waals surface area contributed by atoms with E-state index in [-0.39, 0.29) is 0 Å². The largest absolute Gasteiger partial charge is 0.481 e. The van der Waals surface area contributed by atoms with Crippen molar-refractivity contribution in [3.05, 3.63) is 46.0 Å². The van der Waals surface area contributed by atoms with Gasteiger partial charge in [-0.15, -0.1) is 0 Å². The van der Waals surface area contributed by atoms with Crippen molar-refractivity contribution in [1.82, 2.24) is 0 Å². The number of carboxylic acids is 3. The third-order valence-corrected chi connectivity index (χ3v) is 8.82. The average molecular weight is 740 g/mol. The van der Waals surface area contributed by atoms with E-state index in [9.17, 15) is 14.4 Å². The zero-order valence-corrected chi connectivity index (χ0v) is 32.5. The molecule has 1 rings (SSSR count). The minimum Gasteiger partial charge on any atom is -0.481 e. The molecule has 0 aliphatic heterocycles. The van der Waals surface area contributed by atoms with Gasteiger partial charge in [0.1, 0.15) is 0 Å². The first kappa shape index (κ1) is 48.0. The van der Waals surface area contributed by atoms with Gasteiger partial charge in [-0.1, -0.05) is 170 Å². The maximum absolute atomic E-state index is 10.6. The van der Waals surface area contributed by atoms with Crippen LogP contribution in [-0.4, -0.2) is 33.2 Å². The lowest BCUT2D eigenvalue weighted by molar-refractivity contribution is -0.138. The molecule has 0 aromatic heterocycles. The molecule has 1 aromatic carbocycles. The summed E-state index contributed by atoms with van der Waals surface area (Å²) in [5.74, 6) is -2.20. The Morgan fingerprint density at radius 2 is 0.875 bits per heavy atom.